The van der Waals surface area contributed by atoms with E-state index in [1.54, 1.807) is 7.11 Å². The molecule has 1 aliphatic carbocycles. The maximum Gasteiger partial charge on any atom is 0.412 e. The van der Waals surface area contributed by atoms with E-state index in [2.05, 4.69) is 29.4 Å². The fourth-order valence-electron chi connectivity index (χ4n) is 4.96. The minimum Gasteiger partial charge on any atom is -0.493 e. The van der Waals surface area contributed by atoms with Crippen molar-refractivity contribution < 1.29 is 19.0 Å². The normalized spacial score (nSPS) is 26.7. The molecule has 6 heteroatoms. The van der Waals surface area contributed by atoms with Gasteiger partial charge in [-0.1, -0.05) is 30.3 Å². The van der Waals surface area contributed by atoms with Crippen LogP contribution in [0.2, 0.25) is 0 Å². The molecule has 0 saturated carbocycles. The molecule has 6 nitrogen and oxygen atoms in total. The molecule has 1 spiro atoms. The van der Waals surface area contributed by atoms with Gasteiger partial charge in [-0.15, -0.1) is 0 Å². The van der Waals surface area contributed by atoms with E-state index in [4.69, 9.17) is 14.2 Å². The number of carbonyl (C=O) groups is 1. The molecule has 0 radical (unpaired) electrons. The van der Waals surface area contributed by atoms with Gasteiger partial charge in [-0.3, -0.25) is 5.32 Å². The molecule has 1 N–H and O–H groups in total. The van der Waals surface area contributed by atoms with Crippen LogP contribution >= 0.6 is 0 Å². The Bertz CT molecular complexity index is 990. The number of carbonyl (C=O) groups excluding carboxylic acids is 1. The molecule has 2 aromatic carbocycles. The third kappa shape index (κ3) is 3.12. The standard InChI is InChI=1S/C24H26N2O4/c1-26-13-12-24-11-10-18(29-23(27)25-17-6-4-3-5-7-17)14-20(24)30-22-19(28-2)9-8-16(15-26)21(22)24/h3-11,18,20H,12-15H2,1-2H3,(H,25,27)/t18-,20-,24?/m0/s1. The van der Waals surface area contributed by atoms with Crippen LogP contribution in [0.4, 0.5) is 10.5 Å². The van der Waals surface area contributed by atoms with Gasteiger partial charge in [0, 0.05) is 24.2 Å². The molecule has 5 rings (SSSR count). The number of nitrogens with one attached hydrogen (secondary N) is 1. The Hall–Kier alpha value is -2.99. The van der Waals surface area contributed by atoms with Crippen molar-refractivity contribution in [3.8, 4) is 11.5 Å². The van der Waals surface area contributed by atoms with Crippen molar-refractivity contribution in [3.63, 3.8) is 0 Å². The second-order valence-corrected chi connectivity index (χ2v) is 8.30. The lowest BCUT2D eigenvalue weighted by Crippen LogP contribution is -2.44. The highest BCUT2D eigenvalue weighted by Gasteiger charge is 2.53. The third-order valence-corrected chi connectivity index (χ3v) is 6.41. The molecule has 2 aliphatic heterocycles. The molecule has 0 aromatic heterocycles. The smallest absolute Gasteiger partial charge is 0.412 e. The lowest BCUT2D eigenvalue weighted by Gasteiger charge is -2.36. The van der Waals surface area contributed by atoms with Gasteiger partial charge in [0.15, 0.2) is 11.5 Å². The summed E-state index contributed by atoms with van der Waals surface area (Å²) in [5.74, 6) is 1.61. The maximum atomic E-state index is 12.4. The Morgan fingerprint density at radius 2 is 2.07 bits per heavy atom. The molecule has 156 valence electrons. The van der Waals surface area contributed by atoms with Gasteiger partial charge < -0.3 is 19.1 Å². The summed E-state index contributed by atoms with van der Waals surface area (Å²) in [6.45, 7) is 1.86. The Kier molecular flexibility index (Phi) is 4.66. The van der Waals surface area contributed by atoms with Crippen LogP contribution in [0.3, 0.4) is 0 Å². The summed E-state index contributed by atoms with van der Waals surface area (Å²) in [5, 5.41) is 2.78. The maximum absolute atomic E-state index is 12.4. The van der Waals surface area contributed by atoms with E-state index >= 15 is 0 Å². The molecule has 3 aliphatic rings. The summed E-state index contributed by atoms with van der Waals surface area (Å²) < 4.78 is 17.8. The van der Waals surface area contributed by atoms with E-state index in [1.807, 2.05) is 42.5 Å². The summed E-state index contributed by atoms with van der Waals surface area (Å²) in [7, 11) is 3.82. The van der Waals surface area contributed by atoms with Gasteiger partial charge in [0.2, 0.25) is 0 Å². The first kappa shape index (κ1) is 19.0. The molecule has 1 unspecified atom stereocenters. The Labute approximate surface area is 176 Å². The molecular weight excluding hydrogens is 380 g/mol. The molecule has 30 heavy (non-hydrogen) atoms. The van der Waals surface area contributed by atoms with Gasteiger partial charge in [0.1, 0.15) is 12.2 Å². The largest absolute Gasteiger partial charge is 0.493 e. The fraction of sp³-hybridized carbons (Fsp3) is 0.375. The van der Waals surface area contributed by atoms with Crippen molar-refractivity contribution in [3.05, 3.63) is 65.7 Å². The number of rotatable bonds is 3. The van der Waals surface area contributed by atoms with Crippen molar-refractivity contribution in [2.45, 2.75) is 37.0 Å². The Morgan fingerprint density at radius 3 is 2.87 bits per heavy atom. The van der Waals surface area contributed by atoms with Crippen molar-refractivity contribution in [2.75, 3.05) is 26.0 Å². The van der Waals surface area contributed by atoms with E-state index in [0.29, 0.717) is 12.1 Å². The number of anilines is 1. The highest BCUT2D eigenvalue weighted by atomic mass is 16.6. The van der Waals surface area contributed by atoms with Crippen LogP contribution in [0.15, 0.2) is 54.6 Å². The van der Waals surface area contributed by atoms with Crippen LogP contribution in [-0.4, -0.2) is 43.9 Å². The minimum absolute atomic E-state index is 0.0893. The first-order valence-corrected chi connectivity index (χ1v) is 10.4. The van der Waals surface area contributed by atoms with Crippen LogP contribution in [-0.2, 0) is 16.7 Å². The Morgan fingerprint density at radius 1 is 1.23 bits per heavy atom. The molecule has 2 heterocycles. The number of para-hydroxylation sites is 1. The lowest BCUT2D eigenvalue weighted by molar-refractivity contribution is 0.0667. The SMILES string of the molecule is COc1ccc2c3c1O[C@H]1C[C@@H](OC(=O)Nc4ccccc4)C=CC31CCN(C)C2. The summed E-state index contributed by atoms with van der Waals surface area (Å²) in [5.41, 5.74) is 3.02. The van der Waals surface area contributed by atoms with Gasteiger partial charge in [0.25, 0.3) is 0 Å². The molecule has 1 amide bonds. The third-order valence-electron chi connectivity index (χ3n) is 6.41. The quantitative estimate of drug-likeness (QED) is 0.778. The summed E-state index contributed by atoms with van der Waals surface area (Å²) in [6.07, 6.45) is 4.91. The van der Waals surface area contributed by atoms with Crippen LogP contribution < -0.4 is 14.8 Å². The predicted molar refractivity (Wildman–Crippen MR) is 114 cm³/mol. The first-order chi connectivity index (χ1) is 14.6. The highest BCUT2D eigenvalue weighted by Crippen LogP contribution is 2.55. The average Bonchev–Trinajstić information content (AvgIpc) is 3.00. The number of benzene rings is 2. The van der Waals surface area contributed by atoms with Crippen molar-refractivity contribution >= 4 is 11.8 Å². The second-order valence-electron chi connectivity index (χ2n) is 8.30. The molecule has 2 aromatic rings. The van der Waals surface area contributed by atoms with Gasteiger partial charge in [-0.25, -0.2) is 4.79 Å². The van der Waals surface area contributed by atoms with Crippen LogP contribution in [0.5, 0.6) is 11.5 Å². The topological polar surface area (TPSA) is 60.0 Å². The summed E-state index contributed by atoms with van der Waals surface area (Å²) in [6, 6.07) is 13.5. The van der Waals surface area contributed by atoms with Crippen LogP contribution in [0, 0.1) is 0 Å². The van der Waals surface area contributed by atoms with E-state index < -0.39 is 6.09 Å². The van der Waals surface area contributed by atoms with Crippen molar-refractivity contribution in [2.24, 2.45) is 0 Å². The molecule has 0 bridgehead atoms. The fourth-order valence-corrected chi connectivity index (χ4v) is 4.96. The number of hydrogen-bond acceptors (Lipinski definition) is 5. The van der Waals surface area contributed by atoms with Gasteiger partial charge in [-0.2, -0.15) is 0 Å². The first-order valence-electron chi connectivity index (χ1n) is 10.4. The summed E-state index contributed by atoms with van der Waals surface area (Å²) >= 11 is 0. The average molecular weight is 406 g/mol. The second kappa shape index (κ2) is 7.36. The predicted octanol–water partition coefficient (Wildman–Crippen LogP) is 4.11. The minimum atomic E-state index is -0.457. The molecular formula is C24H26N2O4. The van der Waals surface area contributed by atoms with Gasteiger partial charge >= 0.3 is 6.09 Å². The number of amides is 1. The molecule has 0 saturated heterocycles. The highest BCUT2D eigenvalue weighted by molar-refractivity contribution is 5.84. The zero-order chi connectivity index (χ0) is 20.7. The lowest BCUT2D eigenvalue weighted by atomic mass is 9.69. The Balaban J connectivity index is 1.41. The molecule has 0 fully saturated rings. The van der Waals surface area contributed by atoms with E-state index in [1.165, 1.54) is 11.1 Å². The number of ether oxygens (including phenoxy) is 3. The summed E-state index contributed by atoms with van der Waals surface area (Å²) in [4.78, 5) is 14.7. The number of methoxy groups -OCH3 is 1. The van der Waals surface area contributed by atoms with Crippen LogP contribution in [0.25, 0.3) is 0 Å². The van der Waals surface area contributed by atoms with Crippen molar-refractivity contribution in [1.29, 1.82) is 0 Å². The zero-order valence-corrected chi connectivity index (χ0v) is 17.3. The van der Waals surface area contributed by atoms with Gasteiger partial charge in [-0.05, 0) is 49.9 Å². The molecule has 3 atom stereocenters. The number of nitrogens with zero attached hydrogens (tertiary/aromatic N) is 1. The van der Waals surface area contributed by atoms with E-state index in [9.17, 15) is 4.79 Å². The number of hydrogen-bond donors (Lipinski definition) is 1. The van der Waals surface area contributed by atoms with Crippen molar-refractivity contribution in [1.82, 2.24) is 4.90 Å². The zero-order valence-electron chi connectivity index (χ0n) is 17.3. The van der Waals surface area contributed by atoms with Gasteiger partial charge in [0.05, 0.1) is 12.5 Å². The monoisotopic (exact) mass is 406 g/mol. The van der Waals surface area contributed by atoms with Crippen LogP contribution in [0.1, 0.15) is 24.0 Å². The van der Waals surface area contributed by atoms with E-state index in [0.717, 1.165) is 31.0 Å². The van der Waals surface area contributed by atoms with E-state index in [-0.39, 0.29) is 17.6 Å².